The summed E-state index contributed by atoms with van der Waals surface area (Å²) in [6.07, 6.45) is 0. The molecule has 1 heterocycles. The van der Waals surface area contributed by atoms with E-state index in [0.717, 1.165) is 16.4 Å². The third-order valence-corrected chi connectivity index (χ3v) is 4.48. The number of benzene rings is 2. The molecule has 2 N–H and O–H groups in total. The van der Waals surface area contributed by atoms with E-state index in [0.29, 0.717) is 10.7 Å². The van der Waals surface area contributed by atoms with Crippen LogP contribution in [0.1, 0.15) is 17.2 Å². The van der Waals surface area contributed by atoms with Crippen molar-refractivity contribution in [2.24, 2.45) is 4.99 Å². The minimum absolute atomic E-state index is 0.119. The molecular weight excluding hydrogens is 276 g/mol. The van der Waals surface area contributed by atoms with Gasteiger partial charge >= 0.3 is 0 Å². The quantitative estimate of drug-likeness (QED) is 0.843. The van der Waals surface area contributed by atoms with Crippen molar-refractivity contribution in [2.75, 3.05) is 11.5 Å². The van der Waals surface area contributed by atoms with Gasteiger partial charge in [0, 0.05) is 22.0 Å². The molecule has 0 amide bonds. The normalized spacial score (nSPS) is 18.4. The van der Waals surface area contributed by atoms with Crippen LogP contribution in [0.5, 0.6) is 0 Å². The van der Waals surface area contributed by atoms with Gasteiger partial charge in [0.1, 0.15) is 0 Å². The number of rotatable bonds is 2. The van der Waals surface area contributed by atoms with E-state index in [9.17, 15) is 0 Å². The van der Waals surface area contributed by atoms with Crippen LogP contribution >= 0.6 is 23.4 Å². The first-order chi connectivity index (χ1) is 9.24. The number of nitrogens with zero attached hydrogens (tertiary/aromatic N) is 1. The highest BCUT2D eigenvalue weighted by Gasteiger charge is 2.22. The topological polar surface area (TPSA) is 38.4 Å². The second-order valence-corrected chi connectivity index (χ2v) is 5.82. The Morgan fingerprint density at radius 2 is 1.95 bits per heavy atom. The molecule has 0 aliphatic carbocycles. The second kappa shape index (κ2) is 5.27. The van der Waals surface area contributed by atoms with Crippen LogP contribution in [-0.4, -0.2) is 10.8 Å². The summed E-state index contributed by atoms with van der Waals surface area (Å²) in [7, 11) is 0. The van der Waals surface area contributed by atoms with Crippen molar-refractivity contribution < 1.29 is 0 Å². The van der Waals surface area contributed by atoms with Crippen molar-refractivity contribution in [3.63, 3.8) is 0 Å². The third-order valence-electron chi connectivity index (χ3n) is 3.06. The summed E-state index contributed by atoms with van der Waals surface area (Å²) >= 11 is 8.02. The molecule has 2 aromatic carbocycles. The lowest BCUT2D eigenvalue weighted by Gasteiger charge is -2.08. The minimum atomic E-state index is 0.119. The maximum atomic E-state index is 6.24. The first kappa shape index (κ1) is 12.6. The summed E-state index contributed by atoms with van der Waals surface area (Å²) in [6, 6.07) is 16.0. The van der Waals surface area contributed by atoms with Crippen LogP contribution in [0.4, 0.5) is 5.69 Å². The highest BCUT2D eigenvalue weighted by Crippen LogP contribution is 2.36. The Kier molecular flexibility index (Phi) is 3.49. The summed E-state index contributed by atoms with van der Waals surface area (Å²) in [5.74, 6) is 0.924. The van der Waals surface area contributed by atoms with Crippen LogP contribution in [0.25, 0.3) is 0 Å². The minimum Gasteiger partial charge on any atom is -0.399 e. The summed E-state index contributed by atoms with van der Waals surface area (Å²) in [5.41, 5.74) is 8.62. The maximum absolute atomic E-state index is 6.24. The average Bonchev–Trinajstić information content (AvgIpc) is 2.89. The molecule has 3 rings (SSSR count). The molecule has 1 atom stereocenters. The molecule has 0 spiro atoms. The molecule has 1 unspecified atom stereocenters. The molecular formula is C15H13ClN2S. The molecule has 0 bridgehead atoms. The van der Waals surface area contributed by atoms with Crippen LogP contribution < -0.4 is 5.73 Å². The fourth-order valence-corrected chi connectivity index (χ4v) is 3.47. The number of thioether (sulfide) groups is 1. The zero-order valence-corrected chi connectivity index (χ0v) is 11.8. The number of hydrogen-bond acceptors (Lipinski definition) is 3. The number of anilines is 1. The first-order valence-electron chi connectivity index (χ1n) is 6.05. The Labute approximate surface area is 121 Å². The van der Waals surface area contributed by atoms with E-state index >= 15 is 0 Å². The molecule has 19 heavy (non-hydrogen) atoms. The van der Waals surface area contributed by atoms with Gasteiger partial charge in [-0.15, -0.1) is 11.8 Å². The van der Waals surface area contributed by atoms with Crippen LogP contribution in [0.2, 0.25) is 5.02 Å². The predicted octanol–water partition coefficient (Wildman–Crippen LogP) is 4.16. The van der Waals surface area contributed by atoms with Gasteiger partial charge in [-0.1, -0.05) is 48.0 Å². The maximum Gasteiger partial charge on any atom is 0.0985 e. The SMILES string of the molecule is Nc1ccc(C2CSC(c3ccccc3)=N2)c(Cl)c1. The van der Waals surface area contributed by atoms with Crippen molar-refractivity contribution >= 4 is 34.1 Å². The smallest absolute Gasteiger partial charge is 0.0985 e. The highest BCUT2D eigenvalue weighted by molar-refractivity contribution is 8.14. The van der Waals surface area contributed by atoms with Gasteiger partial charge in [-0.2, -0.15) is 0 Å². The van der Waals surface area contributed by atoms with Crippen molar-refractivity contribution in [1.82, 2.24) is 0 Å². The van der Waals surface area contributed by atoms with Crippen LogP contribution in [-0.2, 0) is 0 Å². The summed E-state index contributed by atoms with van der Waals surface area (Å²) in [6.45, 7) is 0. The predicted molar refractivity (Wildman–Crippen MR) is 84.0 cm³/mol. The fourth-order valence-electron chi connectivity index (χ4n) is 2.09. The first-order valence-corrected chi connectivity index (χ1v) is 7.41. The monoisotopic (exact) mass is 288 g/mol. The number of nitrogen functional groups attached to an aromatic ring is 1. The lowest BCUT2D eigenvalue weighted by molar-refractivity contribution is 0.850. The standard InChI is InChI=1S/C15H13ClN2S/c16-13-8-11(17)6-7-12(13)14-9-19-15(18-14)10-4-2-1-3-5-10/h1-8,14H,9,17H2. The van der Waals surface area contributed by atoms with Gasteiger partial charge in [0.2, 0.25) is 0 Å². The fraction of sp³-hybridized carbons (Fsp3) is 0.133. The van der Waals surface area contributed by atoms with Crippen LogP contribution in [0.3, 0.4) is 0 Å². The molecule has 1 aliphatic rings. The Bertz CT molecular complexity index is 625. The molecule has 4 heteroatoms. The van der Waals surface area contributed by atoms with Crippen molar-refractivity contribution in [3.05, 3.63) is 64.7 Å². The molecule has 0 radical (unpaired) electrons. The van der Waals surface area contributed by atoms with E-state index in [-0.39, 0.29) is 6.04 Å². The van der Waals surface area contributed by atoms with Crippen molar-refractivity contribution in [2.45, 2.75) is 6.04 Å². The van der Waals surface area contributed by atoms with Gasteiger partial charge in [-0.25, -0.2) is 0 Å². The van der Waals surface area contributed by atoms with Crippen LogP contribution in [0.15, 0.2) is 53.5 Å². The lowest BCUT2D eigenvalue weighted by atomic mass is 10.1. The molecule has 2 nitrogen and oxygen atoms in total. The average molecular weight is 289 g/mol. The van der Waals surface area contributed by atoms with Gasteiger partial charge in [0.05, 0.1) is 11.1 Å². The Morgan fingerprint density at radius 1 is 1.16 bits per heavy atom. The Hall–Kier alpha value is -1.45. The van der Waals surface area contributed by atoms with E-state index in [4.69, 9.17) is 22.3 Å². The lowest BCUT2D eigenvalue weighted by Crippen LogP contribution is -1.96. The van der Waals surface area contributed by atoms with Gasteiger partial charge in [-0.05, 0) is 17.7 Å². The number of aliphatic imine (C=N–C) groups is 1. The summed E-state index contributed by atoms with van der Waals surface area (Å²) < 4.78 is 0. The number of halogens is 1. The van der Waals surface area contributed by atoms with Crippen molar-refractivity contribution in [1.29, 1.82) is 0 Å². The zero-order valence-electron chi connectivity index (χ0n) is 10.2. The Morgan fingerprint density at radius 3 is 2.68 bits per heavy atom. The molecule has 96 valence electrons. The van der Waals surface area contributed by atoms with E-state index in [1.807, 2.05) is 30.3 Å². The van der Waals surface area contributed by atoms with E-state index in [1.165, 1.54) is 5.56 Å². The number of nitrogens with two attached hydrogens (primary N) is 1. The van der Waals surface area contributed by atoms with Gasteiger partial charge in [0.15, 0.2) is 0 Å². The highest BCUT2D eigenvalue weighted by atomic mass is 35.5. The largest absolute Gasteiger partial charge is 0.399 e. The summed E-state index contributed by atoms with van der Waals surface area (Å²) in [5, 5.41) is 1.78. The Balaban J connectivity index is 1.91. The third kappa shape index (κ3) is 2.62. The van der Waals surface area contributed by atoms with Gasteiger partial charge in [-0.3, -0.25) is 4.99 Å². The van der Waals surface area contributed by atoms with Gasteiger partial charge in [0.25, 0.3) is 0 Å². The van der Waals surface area contributed by atoms with E-state index < -0.39 is 0 Å². The molecule has 0 aromatic heterocycles. The number of hydrogen-bond donors (Lipinski definition) is 1. The van der Waals surface area contributed by atoms with Gasteiger partial charge < -0.3 is 5.73 Å². The van der Waals surface area contributed by atoms with E-state index in [2.05, 4.69) is 12.1 Å². The molecule has 0 saturated heterocycles. The molecule has 0 fully saturated rings. The molecule has 1 aliphatic heterocycles. The molecule has 0 saturated carbocycles. The van der Waals surface area contributed by atoms with Crippen molar-refractivity contribution in [3.8, 4) is 0 Å². The van der Waals surface area contributed by atoms with Crippen LogP contribution in [0, 0.1) is 0 Å². The summed E-state index contributed by atoms with van der Waals surface area (Å²) in [4.78, 5) is 4.77. The molecule has 2 aromatic rings. The zero-order chi connectivity index (χ0) is 13.2. The second-order valence-electron chi connectivity index (χ2n) is 4.41. The van der Waals surface area contributed by atoms with E-state index in [1.54, 1.807) is 17.8 Å².